The molecule has 6 fully saturated rings. The lowest BCUT2D eigenvalue weighted by atomic mass is 9.47. The fourth-order valence-corrected chi connectivity index (χ4v) is 14.3. The number of aliphatic hydroxyl groups is 10. The number of esters is 1. The Balaban J connectivity index is 0.979. The molecule has 1 unspecified atom stereocenters. The Morgan fingerprint density at radius 2 is 1.54 bits per heavy atom. The molecule has 0 aromatic heterocycles. The summed E-state index contributed by atoms with van der Waals surface area (Å²) in [6.07, 6.45) is -10.9. The highest BCUT2D eigenvalue weighted by Crippen LogP contribution is 2.67. The van der Waals surface area contributed by atoms with Gasteiger partial charge in [0.05, 0.1) is 45.2 Å². The minimum absolute atomic E-state index is 0.0290. The minimum atomic E-state index is -2.60. The van der Waals surface area contributed by atoms with Crippen molar-refractivity contribution in [2.75, 3.05) is 26.9 Å². The van der Waals surface area contributed by atoms with Crippen LogP contribution in [-0.2, 0) is 42.7 Å². The van der Waals surface area contributed by atoms with E-state index >= 15 is 0 Å². The molecule has 0 aromatic carbocycles. The zero-order valence-corrected chi connectivity index (χ0v) is 42.5. The third-order valence-corrected chi connectivity index (χ3v) is 18.2. The second-order valence-corrected chi connectivity index (χ2v) is 23.0. The number of methoxy groups -OCH3 is 1. The number of allylic oxidation sites excluding steroid dienone is 1. The van der Waals surface area contributed by atoms with Gasteiger partial charge in [-0.05, 0) is 97.7 Å². The Morgan fingerprint density at radius 3 is 2.20 bits per heavy atom. The number of carbonyl (C=O) groups excluding carboxylic acids is 2. The monoisotopic (exact) mass is 1020 g/mol. The van der Waals surface area contributed by atoms with Crippen LogP contribution >= 0.6 is 0 Å². The SMILES string of the molecule is COC(=O)[C@@]1(OC[C@H]2O[C@@H](O[C@H]3[C@H](O)[C@@H](O)[C@H](O[C@H]4CC[C@@]5(C)C(=CC[C@H]6[C@@H]7CC[C@H]([C@H](C)CCCC(C)C)[C@@]7(C)CC[C@@H]65)C4)O[C@@H]3CO)[C@H](O)[C@@H](O)[C@H]2O)C[C@H](O)[C@@H](NC(C)=O)[C@H]([C@@H](O)C(O)CO)O1. The van der Waals surface area contributed by atoms with Crippen LogP contribution in [0.5, 0.6) is 0 Å². The molecule has 0 spiro atoms. The first-order valence-electron chi connectivity index (χ1n) is 26.2. The van der Waals surface area contributed by atoms with Gasteiger partial charge in [-0.3, -0.25) is 4.79 Å². The molecule has 3 aliphatic heterocycles. The molecule has 4 aliphatic carbocycles. The quantitative estimate of drug-likeness (QED) is 0.0650. The molecular formula is C51H85NO19. The molecule has 0 aromatic rings. The minimum Gasteiger partial charge on any atom is -0.465 e. The molecule has 0 radical (unpaired) electrons. The van der Waals surface area contributed by atoms with Gasteiger partial charge in [-0.15, -0.1) is 0 Å². The van der Waals surface area contributed by atoms with Gasteiger partial charge in [0.1, 0.15) is 67.1 Å². The highest BCUT2D eigenvalue weighted by Gasteiger charge is 2.61. The summed E-state index contributed by atoms with van der Waals surface area (Å²) in [5, 5.41) is 111. The second kappa shape index (κ2) is 23.1. The molecule has 0 bridgehead atoms. The Bertz CT molecular complexity index is 1820. The zero-order valence-electron chi connectivity index (χ0n) is 42.5. The van der Waals surface area contributed by atoms with Crippen molar-refractivity contribution in [3.63, 3.8) is 0 Å². The molecule has 3 heterocycles. The number of rotatable bonds is 18. The number of nitrogens with one attached hydrogen (secondary N) is 1. The molecule has 7 rings (SSSR count). The largest absolute Gasteiger partial charge is 0.465 e. The van der Waals surface area contributed by atoms with Gasteiger partial charge in [0.15, 0.2) is 12.6 Å². The standard InChI is InChI=1S/C51H85NO19/c1-24(2)9-8-10-25(3)30-13-14-31-29-12-11-27-19-28(15-17-49(27,5)32(29)16-18-50(30,31)6)67-46-43(63)41(61)44(35(22-54)68-46)70-47-42(62)40(60)39(59)36(69-47)23-66-51(48(64)65-7)20-33(56)37(52-26(4)55)45(71-51)38(58)34(57)21-53/h11,24-25,28-47,53-54,56-63H,8-10,12-23H2,1-7H3,(H,52,55)/t25-,28+,29+,30-,31+,32+,33+,34?,35-,36-,37-,38+,39+,40+,41-,42-,43-,44-,45-,46-,47+,49+,50-,51-/m1/s1. The van der Waals surface area contributed by atoms with Gasteiger partial charge in [0.2, 0.25) is 5.91 Å². The van der Waals surface area contributed by atoms with Crippen molar-refractivity contribution in [3.05, 3.63) is 11.6 Å². The van der Waals surface area contributed by atoms with E-state index in [0.29, 0.717) is 36.0 Å². The third-order valence-electron chi connectivity index (χ3n) is 18.2. The first kappa shape index (κ1) is 56.8. The number of aliphatic hydroxyl groups excluding tert-OH is 10. The number of ether oxygens (including phenoxy) is 7. The van der Waals surface area contributed by atoms with Crippen molar-refractivity contribution in [1.82, 2.24) is 5.32 Å². The van der Waals surface area contributed by atoms with E-state index in [1.54, 1.807) is 0 Å². The first-order chi connectivity index (χ1) is 33.5. The van der Waals surface area contributed by atoms with Crippen LogP contribution in [0.3, 0.4) is 0 Å². The van der Waals surface area contributed by atoms with Crippen molar-refractivity contribution < 1.29 is 93.8 Å². The molecular weight excluding hydrogens is 931 g/mol. The lowest BCUT2D eigenvalue weighted by molar-refractivity contribution is -0.370. The molecule has 20 heteroatoms. The lowest BCUT2D eigenvalue weighted by Gasteiger charge is -2.58. The van der Waals surface area contributed by atoms with Gasteiger partial charge in [-0.2, -0.15) is 0 Å². The molecule has 24 atom stereocenters. The highest BCUT2D eigenvalue weighted by molar-refractivity contribution is 5.78. The molecule has 408 valence electrons. The molecule has 20 nitrogen and oxygen atoms in total. The average molecular weight is 1020 g/mol. The van der Waals surface area contributed by atoms with Crippen LogP contribution in [0.15, 0.2) is 11.6 Å². The van der Waals surface area contributed by atoms with E-state index in [1.165, 1.54) is 50.5 Å². The van der Waals surface area contributed by atoms with Crippen molar-refractivity contribution in [3.8, 4) is 0 Å². The Labute approximate surface area is 417 Å². The molecule has 1 amide bonds. The fourth-order valence-electron chi connectivity index (χ4n) is 14.3. The number of hydrogen-bond acceptors (Lipinski definition) is 19. The summed E-state index contributed by atoms with van der Waals surface area (Å²) in [5.74, 6) is -0.342. The van der Waals surface area contributed by atoms with Crippen molar-refractivity contribution in [2.45, 2.75) is 222 Å². The maximum atomic E-state index is 13.3. The van der Waals surface area contributed by atoms with E-state index in [2.05, 4.69) is 46.0 Å². The average Bonchev–Trinajstić information content (AvgIpc) is 3.70. The molecule has 3 saturated carbocycles. The lowest BCUT2D eigenvalue weighted by Crippen LogP contribution is -2.68. The van der Waals surface area contributed by atoms with Crippen molar-refractivity contribution >= 4 is 11.9 Å². The maximum absolute atomic E-state index is 13.3. The number of fused-ring (bicyclic) bond motifs is 5. The van der Waals surface area contributed by atoms with Crippen LogP contribution in [0.1, 0.15) is 119 Å². The van der Waals surface area contributed by atoms with Gasteiger partial charge in [-0.1, -0.05) is 65.5 Å². The van der Waals surface area contributed by atoms with Crippen LogP contribution in [0.2, 0.25) is 0 Å². The van der Waals surface area contributed by atoms with Crippen molar-refractivity contribution in [1.29, 1.82) is 0 Å². The maximum Gasteiger partial charge on any atom is 0.366 e. The van der Waals surface area contributed by atoms with E-state index in [9.17, 15) is 60.7 Å². The number of hydrogen-bond donors (Lipinski definition) is 11. The van der Waals surface area contributed by atoms with Gasteiger partial charge >= 0.3 is 5.97 Å². The van der Waals surface area contributed by atoms with Gasteiger partial charge in [0, 0.05) is 13.3 Å². The van der Waals surface area contributed by atoms with Gasteiger partial charge in [-0.25, -0.2) is 4.79 Å². The third kappa shape index (κ3) is 11.3. The van der Waals surface area contributed by atoms with Crippen LogP contribution in [0, 0.1) is 46.3 Å². The summed E-state index contributed by atoms with van der Waals surface area (Å²) in [4.78, 5) is 25.3. The summed E-state index contributed by atoms with van der Waals surface area (Å²) in [6, 6.07) is -1.42. The highest BCUT2D eigenvalue weighted by atomic mass is 16.8. The topological polar surface area (TPSA) is 313 Å². The summed E-state index contributed by atoms with van der Waals surface area (Å²) < 4.78 is 40.8. The van der Waals surface area contributed by atoms with Crippen LogP contribution in [0.25, 0.3) is 0 Å². The van der Waals surface area contributed by atoms with Gasteiger partial charge < -0.3 is 89.5 Å². The van der Waals surface area contributed by atoms with E-state index < -0.39 is 136 Å². The van der Waals surface area contributed by atoms with Crippen LogP contribution in [0.4, 0.5) is 0 Å². The zero-order chi connectivity index (χ0) is 51.9. The predicted molar refractivity (Wildman–Crippen MR) is 250 cm³/mol. The van der Waals surface area contributed by atoms with Gasteiger partial charge in [0.25, 0.3) is 5.79 Å². The summed E-state index contributed by atoms with van der Waals surface area (Å²) in [5.41, 5.74) is 1.76. The first-order valence-corrected chi connectivity index (χ1v) is 26.2. The van der Waals surface area contributed by atoms with E-state index in [-0.39, 0.29) is 11.5 Å². The van der Waals surface area contributed by atoms with E-state index in [4.69, 9.17) is 33.2 Å². The summed E-state index contributed by atoms with van der Waals surface area (Å²) >= 11 is 0. The smallest absolute Gasteiger partial charge is 0.366 e. The Kier molecular flexibility index (Phi) is 18.5. The fraction of sp³-hybridized carbons (Fsp3) is 0.922. The Morgan fingerprint density at radius 1 is 0.845 bits per heavy atom. The molecule has 71 heavy (non-hydrogen) atoms. The van der Waals surface area contributed by atoms with E-state index in [0.717, 1.165) is 44.6 Å². The summed E-state index contributed by atoms with van der Waals surface area (Å²) in [6.45, 7) is 10.7. The number of amides is 1. The van der Waals surface area contributed by atoms with Crippen molar-refractivity contribution in [2.24, 2.45) is 46.3 Å². The normalized spacial score (nSPS) is 46.0. The summed E-state index contributed by atoms with van der Waals surface area (Å²) in [7, 11) is 0.962. The van der Waals surface area contributed by atoms with Crippen LogP contribution < -0.4 is 5.32 Å². The number of carbonyl (C=O) groups is 2. The molecule has 3 saturated heterocycles. The Hall–Kier alpha value is -1.96. The molecule has 11 N–H and O–H groups in total. The predicted octanol–water partition coefficient (Wildman–Crippen LogP) is 0.299. The van der Waals surface area contributed by atoms with E-state index in [1.807, 2.05) is 0 Å². The van der Waals surface area contributed by atoms with Crippen LogP contribution in [-0.4, -0.2) is 194 Å². The molecule has 7 aliphatic rings. The second-order valence-electron chi connectivity index (χ2n) is 23.0.